The average molecular weight is 353 g/mol. The number of pyridine rings is 1. The van der Waals surface area contributed by atoms with Crippen LogP contribution in [0, 0.1) is 13.8 Å². The van der Waals surface area contributed by atoms with Gasteiger partial charge in [0.15, 0.2) is 0 Å². The fourth-order valence-electron chi connectivity index (χ4n) is 2.25. The smallest absolute Gasteiger partial charge is 0.263 e. The van der Waals surface area contributed by atoms with Crippen LogP contribution in [-0.2, 0) is 0 Å². The van der Waals surface area contributed by atoms with E-state index in [1.807, 2.05) is 56.3 Å². The van der Waals surface area contributed by atoms with Crippen LogP contribution in [0.1, 0.15) is 20.9 Å². The van der Waals surface area contributed by atoms with Crippen LogP contribution >= 0.6 is 11.3 Å². The molecule has 3 aromatic rings. The summed E-state index contributed by atoms with van der Waals surface area (Å²) in [5.41, 5.74) is 2.67. The maximum Gasteiger partial charge on any atom is 0.263 e. The van der Waals surface area contributed by atoms with Crippen molar-refractivity contribution in [3.63, 3.8) is 0 Å². The van der Waals surface area contributed by atoms with Crippen molar-refractivity contribution in [1.29, 1.82) is 0 Å². The summed E-state index contributed by atoms with van der Waals surface area (Å²) in [5.74, 6) is 0.663. The number of nitrogens with zero attached hydrogens (tertiary/aromatic N) is 2. The topological polar surface area (TPSA) is 64.1 Å². The van der Waals surface area contributed by atoms with E-state index >= 15 is 0 Å². The van der Waals surface area contributed by atoms with Crippen molar-refractivity contribution in [3.8, 4) is 16.5 Å². The van der Waals surface area contributed by atoms with Gasteiger partial charge in [0.2, 0.25) is 0 Å². The second kappa shape index (κ2) is 7.90. The fourth-order valence-corrected chi connectivity index (χ4v) is 3.21. The van der Waals surface area contributed by atoms with Crippen molar-refractivity contribution in [2.45, 2.75) is 13.8 Å². The molecule has 0 spiro atoms. The van der Waals surface area contributed by atoms with E-state index in [0.717, 1.165) is 16.5 Å². The van der Waals surface area contributed by atoms with E-state index in [1.165, 1.54) is 16.9 Å². The number of benzene rings is 1. The highest BCUT2D eigenvalue weighted by Crippen LogP contribution is 2.26. The summed E-state index contributed by atoms with van der Waals surface area (Å²) < 4.78 is 5.62. The molecule has 0 aliphatic rings. The Bertz CT molecular complexity index is 845. The number of rotatable bonds is 6. The number of thiazole rings is 1. The number of ether oxygens (including phenoxy) is 1. The Balaban J connectivity index is 1.55. The minimum Gasteiger partial charge on any atom is -0.492 e. The molecule has 0 aliphatic heterocycles. The van der Waals surface area contributed by atoms with Gasteiger partial charge >= 0.3 is 0 Å². The molecule has 2 heterocycles. The van der Waals surface area contributed by atoms with E-state index < -0.39 is 0 Å². The third-order valence-electron chi connectivity index (χ3n) is 3.56. The monoisotopic (exact) mass is 353 g/mol. The van der Waals surface area contributed by atoms with E-state index in [2.05, 4.69) is 15.3 Å². The number of hydrogen-bond donors (Lipinski definition) is 1. The normalized spacial score (nSPS) is 10.5. The summed E-state index contributed by atoms with van der Waals surface area (Å²) in [6.45, 7) is 4.71. The lowest BCUT2D eigenvalue weighted by molar-refractivity contribution is 0.0950. The maximum absolute atomic E-state index is 12.3. The van der Waals surface area contributed by atoms with Gasteiger partial charge in [-0.05, 0) is 38.1 Å². The molecule has 128 valence electrons. The Hall–Kier alpha value is -2.73. The zero-order valence-corrected chi connectivity index (χ0v) is 15.0. The molecule has 0 bridgehead atoms. The zero-order chi connectivity index (χ0) is 17.6. The fraction of sp³-hybridized carbons (Fsp3) is 0.211. The predicted molar refractivity (Wildman–Crippen MR) is 99.1 cm³/mol. The Morgan fingerprint density at radius 3 is 2.68 bits per heavy atom. The third kappa shape index (κ3) is 4.42. The second-order valence-electron chi connectivity index (χ2n) is 5.57. The van der Waals surface area contributed by atoms with E-state index in [1.54, 1.807) is 6.20 Å². The van der Waals surface area contributed by atoms with Crippen molar-refractivity contribution in [3.05, 3.63) is 64.8 Å². The van der Waals surface area contributed by atoms with Gasteiger partial charge in [-0.15, -0.1) is 11.3 Å². The molecule has 0 unspecified atom stereocenters. The molecule has 5 nitrogen and oxygen atoms in total. The molecule has 25 heavy (non-hydrogen) atoms. The van der Waals surface area contributed by atoms with Gasteiger partial charge in [-0.25, -0.2) is 4.98 Å². The van der Waals surface area contributed by atoms with Gasteiger partial charge in [-0.2, -0.15) is 0 Å². The van der Waals surface area contributed by atoms with E-state index in [-0.39, 0.29) is 5.91 Å². The van der Waals surface area contributed by atoms with Crippen molar-refractivity contribution in [1.82, 2.24) is 15.3 Å². The van der Waals surface area contributed by atoms with Gasteiger partial charge in [-0.1, -0.05) is 23.8 Å². The van der Waals surface area contributed by atoms with E-state index in [0.29, 0.717) is 23.7 Å². The minimum atomic E-state index is -0.135. The summed E-state index contributed by atoms with van der Waals surface area (Å²) in [6.07, 6.45) is 1.72. The van der Waals surface area contributed by atoms with Gasteiger partial charge in [0.1, 0.15) is 22.2 Å². The average Bonchev–Trinajstić information content (AvgIpc) is 3.03. The molecule has 0 aliphatic carbocycles. The molecule has 1 N–H and O–H groups in total. The molecule has 0 radical (unpaired) electrons. The molecule has 0 saturated heterocycles. The molecule has 1 amide bonds. The first kappa shape index (κ1) is 17.1. The Morgan fingerprint density at radius 1 is 1.16 bits per heavy atom. The molecule has 2 aromatic heterocycles. The first-order valence-electron chi connectivity index (χ1n) is 8.00. The van der Waals surface area contributed by atoms with Crippen molar-refractivity contribution >= 4 is 17.2 Å². The molecule has 1 aromatic carbocycles. The lowest BCUT2D eigenvalue weighted by Crippen LogP contribution is -2.27. The number of hydrogen-bond acceptors (Lipinski definition) is 5. The molecule has 0 saturated carbocycles. The second-order valence-corrected chi connectivity index (χ2v) is 6.57. The van der Waals surface area contributed by atoms with Crippen LogP contribution in [0.4, 0.5) is 0 Å². The number of aryl methyl sites for hydroxylation is 2. The third-order valence-corrected chi connectivity index (χ3v) is 4.74. The van der Waals surface area contributed by atoms with Gasteiger partial charge in [-0.3, -0.25) is 9.78 Å². The van der Waals surface area contributed by atoms with E-state index in [9.17, 15) is 4.79 Å². The molecular formula is C19H19N3O2S. The van der Waals surface area contributed by atoms with Gasteiger partial charge in [0.05, 0.1) is 17.9 Å². The van der Waals surface area contributed by atoms with Crippen molar-refractivity contribution < 1.29 is 9.53 Å². The standard InChI is InChI=1S/C19H19N3O2S/c1-13-6-8-15(9-7-13)24-12-11-21-18(23)17-14(2)22-19(25-17)16-5-3-4-10-20-16/h3-10H,11-12H2,1-2H3,(H,21,23). The molecule has 0 atom stereocenters. The molecular weight excluding hydrogens is 334 g/mol. The van der Waals surface area contributed by atoms with Crippen LogP contribution in [-0.4, -0.2) is 29.0 Å². The highest BCUT2D eigenvalue weighted by molar-refractivity contribution is 7.17. The maximum atomic E-state index is 12.3. The van der Waals surface area contributed by atoms with Crippen LogP contribution in [0.15, 0.2) is 48.7 Å². The van der Waals surface area contributed by atoms with Gasteiger partial charge in [0.25, 0.3) is 5.91 Å². The number of carbonyl (C=O) groups excluding carboxylic acids is 1. The first-order valence-corrected chi connectivity index (χ1v) is 8.81. The number of carbonyl (C=O) groups is 1. The Morgan fingerprint density at radius 2 is 1.96 bits per heavy atom. The van der Waals surface area contributed by atoms with Crippen LogP contribution < -0.4 is 10.1 Å². The Kier molecular flexibility index (Phi) is 5.40. The summed E-state index contributed by atoms with van der Waals surface area (Å²) in [4.78, 5) is 21.7. The number of aromatic nitrogens is 2. The van der Waals surface area contributed by atoms with E-state index in [4.69, 9.17) is 4.74 Å². The van der Waals surface area contributed by atoms with Gasteiger partial charge < -0.3 is 10.1 Å². The first-order chi connectivity index (χ1) is 12.1. The minimum absolute atomic E-state index is 0.135. The molecule has 0 fully saturated rings. The lowest BCUT2D eigenvalue weighted by Gasteiger charge is -2.07. The molecule has 6 heteroatoms. The SMILES string of the molecule is Cc1ccc(OCCNC(=O)c2sc(-c3ccccn3)nc2C)cc1. The molecule has 3 rings (SSSR count). The van der Waals surface area contributed by atoms with Crippen LogP contribution in [0.5, 0.6) is 5.75 Å². The number of nitrogens with one attached hydrogen (secondary N) is 1. The highest BCUT2D eigenvalue weighted by Gasteiger charge is 2.16. The quantitative estimate of drug-likeness (QED) is 0.687. The summed E-state index contributed by atoms with van der Waals surface area (Å²) in [5, 5.41) is 3.62. The summed E-state index contributed by atoms with van der Waals surface area (Å²) in [7, 11) is 0. The van der Waals surface area contributed by atoms with Crippen molar-refractivity contribution in [2.24, 2.45) is 0 Å². The zero-order valence-electron chi connectivity index (χ0n) is 14.2. The van der Waals surface area contributed by atoms with Crippen LogP contribution in [0.3, 0.4) is 0 Å². The predicted octanol–water partition coefficient (Wildman–Crippen LogP) is 3.63. The summed E-state index contributed by atoms with van der Waals surface area (Å²) >= 11 is 1.35. The summed E-state index contributed by atoms with van der Waals surface area (Å²) in [6, 6.07) is 13.5. The van der Waals surface area contributed by atoms with Crippen LogP contribution in [0.2, 0.25) is 0 Å². The lowest BCUT2D eigenvalue weighted by atomic mass is 10.2. The highest BCUT2D eigenvalue weighted by atomic mass is 32.1. The number of amides is 1. The largest absolute Gasteiger partial charge is 0.492 e. The van der Waals surface area contributed by atoms with Gasteiger partial charge in [0, 0.05) is 6.20 Å². The Labute approximate surface area is 150 Å². The van der Waals surface area contributed by atoms with Crippen LogP contribution in [0.25, 0.3) is 10.7 Å². The van der Waals surface area contributed by atoms with Crippen molar-refractivity contribution in [2.75, 3.05) is 13.2 Å².